The third-order valence-corrected chi connectivity index (χ3v) is 4.66. The molecule has 0 saturated carbocycles. The van der Waals surface area contributed by atoms with Gasteiger partial charge in [-0.3, -0.25) is 9.69 Å². The number of carbonyl (C=O) groups excluding carboxylic acids is 1. The highest BCUT2D eigenvalue weighted by molar-refractivity contribution is 8.19. The molecule has 0 N–H and O–H groups in total. The third-order valence-electron chi connectivity index (χ3n) is 3.48. The minimum atomic E-state index is -0.164. The molecule has 2 aromatic heterocycles. The average Bonchev–Trinajstić information content (AvgIpc) is 3.27. The number of amides is 1. The molecular weight excluding hydrogens is 372 g/mol. The minimum Gasteiger partial charge on any atom is -0.268 e. The molecule has 3 aromatic rings. The van der Waals surface area contributed by atoms with Crippen molar-refractivity contribution in [1.82, 2.24) is 19.9 Å². The lowest BCUT2D eigenvalue weighted by atomic mass is 10.2. The molecule has 1 aliphatic heterocycles. The number of carbonyl (C=O) groups is 1. The summed E-state index contributed by atoms with van der Waals surface area (Å²) in [5, 5.41) is 12.8. The Morgan fingerprint density at radius 3 is 2.54 bits per heavy atom. The fraction of sp³-hybridized carbons (Fsp3) is 0. The molecule has 0 aliphatic carbocycles. The number of hydrogen-bond donors (Lipinski definition) is 0. The average molecular weight is 383 g/mol. The topological polar surface area (TPSA) is 76.3 Å². The molecule has 7 nitrogen and oxygen atoms in total. The highest BCUT2D eigenvalue weighted by atomic mass is 35.5. The zero-order valence-electron chi connectivity index (χ0n) is 13.2. The zero-order chi connectivity index (χ0) is 17.9. The number of nitrogens with zero attached hydrogens (tertiary/aromatic N) is 6. The van der Waals surface area contributed by atoms with Gasteiger partial charge in [0, 0.05) is 6.20 Å². The number of pyridine rings is 1. The van der Waals surface area contributed by atoms with Crippen LogP contribution in [0.2, 0.25) is 5.15 Å². The molecule has 4 rings (SSSR count). The first-order valence-corrected chi connectivity index (χ1v) is 8.74. The van der Waals surface area contributed by atoms with Crippen molar-refractivity contribution in [2.24, 2.45) is 5.10 Å². The summed E-state index contributed by atoms with van der Waals surface area (Å²) in [7, 11) is 0. The van der Waals surface area contributed by atoms with Crippen LogP contribution in [0.5, 0.6) is 0 Å². The summed E-state index contributed by atoms with van der Waals surface area (Å²) in [5.74, 6) is -0.164. The maximum absolute atomic E-state index is 13.0. The summed E-state index contributed by atoms with van der Waals surface area (Å²) >= 11 is 7.09. The van der Waals surface area contributed by atoms with Crippen LogP contribution in [0.15, 0.2) is 71.3 Å². The molecule has 1 fully saturated rings. The number of para-hydroxylation sites is 1. The maximum Gasteiger partial charge on any atom is 0.271 e. The van der Waals surface area contributed by atoms with Crippen molar-refractivity contribution in [3.05, 3.63) is 76.9 Å². The van der Waals surface area contributed by atoms with Crippen LogP contribution in [-0.2, 0) is 4.79 Å². The number of rotatable bonds is 3. The Kier molecular flexibility index (Phi) is 4.51. The Bertz CT molecular complexity index is 986. The lowest BCUT2D eigenvalue weighted by Crippen LogP contribution is -2.29. The first-order chi connectivity index (χ1) is 12.7. The van der Waals surface area contributed by atoms with Gasteiger partial charge in [0.1, 0.15) is 17.8 Å². The fourth-order valence-corrected chi connectivity index (χ4v) is 3.41. The van der Waals surface area contributed by atoms with Crippen LogP contribution in [0.3, 0.4) is 0 Å². The van der Waals surface area contributed by atoms with Crippen molar-refractivity contribution < 1.29 is 4.79 Å². The van der Waals surface area contributed by atoms with Gasteiger partial charge in [-0.1, -0.05) is 35.9 Å². The van der Waals surface area contributed by atoms with E-state index < -0.39 is 0 Å². The predicted octanol–water partition coefficient (Wildman–Crippen LogP) is 3.27. The maximum atomic E-state index is 13.0. The van der Waals surface area contributed by atoms with Gasteiger partial charge in [-0.05, 0) is 41.6 Å². The van der Waals surface area contributed by atoms with Crippen LogP contribution >= 0.6 is 23.4 Å². The van der Waals surface area contributed by atoms with Crippen molar-refractivity contribution in [2.45, 2.75) is 0 Å². The van der Waals surface area contributed by atoms with E-state index in [1.807, 2.05) is 30.3 Å². The summed E-state index contributed by atoms with van der Waals surface area (Å²) in [6.45, 7) is 0. The van der Waals surface area contributed by atoms with Crippen molar-refractivity contribution >= 4 is 46.2 Å². The standard InChI is InChI=1S/C17H11ClN6OS/c18-15-7-6-12(9-19-15)8-14-16(25)24(13-4-2-1-3-5-13)17(26-14)22-23-10-20-21-11-23/h1-11H/b14-8+,22-17?. The van der Waals surface area contributed by atoms with E-state index in [4.69, 9.17) is 11.6 Å². The molecule has 1 aromatic carbocycles. The summed E-state index contributed by atoms with van der Waals surface area (Å²) in [4.78, 5) is 19.1. The monoisotopic (exact) mass is 382 g/mol. The van der Waals surface area contributed by atoms with E-state index in [-0.39, 0.29) is 5.91 Å². The Hall–Kier alpha value is -2.97. The highest BCUT2D eigenvalue weighted by Crippen LogP contribution is 2.35. The third kappa shape index (κ3) is 3.37. The Balaban J connectivity index is 1.75. The first-order valence-electron chi connectivity index (χ1n) is 7.55. The van der Waals surface area contributed by atoms with Gasteiger partial charge in [0.05, 0.1) is 10.6 Å². The first kappa shape index (κ1) is 16.5. The second kappa shape index (κ2) is 7.11. The highest BCUT2D eigenvalue weighted by Gasteiger charge is 2.35. The summed E-state index contributed by atoms with van der Waals surface area (Å²) in [5.41, 5.74) is 1.51. The second-order valence-electron chi connectivity index (χ2n) is 5.23. The van der Waals surface area contributed by atoms with E-state index in [1.54, 1.807) is 29.3 Å². The van der Waals surface area contributed by atoms with Gasteiger partial charge in [0.25, 0.3) is 5.91 Å². The lowest BCUT2D eigenvalue weighted by molar-refractivity contribution is -0.113. The van der Waals surface area contributed by atoms with Crippen LogP contribution in [0.1, 0.15) is 5.56 Å². The fourth-order valence-electron chi connectivity index (χ4n) is 2.32. The van der Waals surface area contributed by atoms with E-state index in [0.717, 1.165) is 11.3 Å². The SMILES string of the molecule is O=C1/C(=C\c2ccc(Cl)nc2)SC(=Nn2cnnc2)N1c1ccccc1. The number of hydrogen-bond acceptors (Lipinski definition) is 6. The smallest absolute Gasteiger partial charge is 0.268 e. The van der Waals surface area contributed by atoms with E-state index in [0.29, 0.717) is 15.2 Å². The van der Waals surface area contributed by atoms with E-state index in [9.17, 15) is 4.79 Å². The number of halogens is 1. The number of anilines is 1. The van der Waals surface area contributed by atoms with Crippen LogP contribution in [-0.4, -0.2) is 30.9 Å². The number of amidine groups is 1. The molecule has 26 heavy (non-hydrogen) atoms. The van der Waals surface area contributed by atoms with Crippen LogP contribution in [0.4, 0.5) is 5.69 Å². The summed E-state index contributed by atoms with van der Waals surface area (Å²) in [6, 6.07) is 12.8. The molecule has 0 radical (unpaired) electrons. The molecule has 0 bridgehead atoms. The largest absolute Gasteiger partial charge is 0.271 e. The minimum absolute atomic E-state index is 0.164. The van der Waals surface area contributed by atoms with Gasteiger partial charge in [-0.25, -0.2) is 9.66 Å². The Morgan fingerprint density at radius 2 is 1.85 bits per heavy atom. The van der Waals surface area contributed by atoms with Crippen molar-refractivity contribution in [1.29, 1.82) is 0 Å². The summed E-state index contributed by atoms with van der Waals surface area (Å²) in [6.07, 6.45) is 6.31. The molecule has 1 aliphatic rings. The van der Waals surface area contributed by atoms with Crippen molar-refractivity contribution in [3.63, 3.8) is 0 Å². The van der Waals surface area contributed by atoms with Crippen LogP contribution < -0.4 is 4.90 Å². The molecule has 0 spiro atoms. The second-order valence-corrected chi connectivity index (χ2v) is 6.62. The van der Waals surface area contributed by atoms with Gasteiger partial charge in [0.2, 0.25) is 5.17 Å². The van der Waals surface area contributed by atoms with E-state index >= 15 is 0 Å². The van der Waals surface area contributed by atoms with Crippen LogP contribution in [0, 0.1) is 0 Å². The van der Waals surface area contributed by atoms with E-state index in [1.165, 1.54) is 29.1 Å². The van der Waals surface area contributed by atoms with Gasteiger partial charge >= 0.3 is 0 Å². The number of aromatic nitrogens is 4. The Labute approximate surface area is 158 Å². The quantitative estimate of drug-likeness (QED) is 0.513. The van der Waals surface area contributed by atoms with Crippen LogP contribution in [0.25, 0.3) is 6.08 Å². The van der Waals surface area contributed by atoms with Crippen molar-refractivity contribution in [3.8, 4) is 0 Å². The molecule has 0 atom stereocenters. The zero-order valence-corrected chi connectivity index (χ0v) is 14.8. The summed E-state index contributed by atoms with van der Waals surface area (Å²) < 4.78 is 1.46. The van der Waals surface area contributed by atoms with Crippen molar-refractivity contribution in [2.75, 3.05) is 4.90 Å². The van der Waals surface area contributed by atoms with Gasteiger partial charge in [-0.2, -0.15) is 0 Å². The normalized spacial score (nSPS) is 17.4. The molecule has 0 unspecified atom stereocenters. The lowest BCUT2D eigenvalue weighted by Gasteiger charge is -2.15. The van der Waals surface area contributed by atoms with Gasteiger partial charge < -0.3 is 0 Å². The Morgan fingerprint density at radius 1 is 1.08 bits per heavy atom. The molecule has 1 saturated heterocycles. The number of thioether (sulfide) groups is 1. The molecule has 1 amide bonds. The number of benzene rings is 1. The molecule has 128 valence electrons. The molecular formula is C17H11ClN6OS. The van der Waals surface area contributed by atoms with E-state index in [2.05, 4.69) is 20.3 Å². The molecule has 3 heterocycles. The van der Waals surface area contributed by atoms with Gasteiger partial charge in [-0.15, -0.1) is 15.3 Å². The predicted molar refractivity (Wildman–Crippen MR) is 102 cm³/mol. The van der Waals surface area contributed by atoms with Gasteiger partial charge in [0.15, 0.2) is 0 Å². The molecule has 9 heteroatoms.